The molecule has 0 aromatic heterocycles. The Morgan fingerprint density at radius 2 is 2.20 bits per heavy atom. The van der Waals surface area contributed by atoms with E-state index in [1.54, 1.807) is 12.1 Å². The van der Waals surface area contributed by atoms with E-state index < -0.39 is 4.92 Å². The normalized spacial score (nSPS) is 19.8. The summed E-state index contributed by atoms with van der Waals surface area (Å²) in [6.45, 7) is 3.35. The highest BCUT2D eigenvalue weighted by atomic mass is 16.6. The lowest BCUT2D eigenvalue weighted by molar-refractivity contribution is -0.383. The summed E-state index contributed by atoms with van der Waals surface area (Å²) in [4.78, 5) is 24.0. The molecule has 1 fully saturated rings. The van der Waals surface area contributed by atoms with E-state index in [4.69, 9.17) is 5.73 Å². The number of nitrogen functional groups attached to an aromatic ring is 1. The SMILES string of the molecule is CC1CCC(=O)N(Cc2ccc([N+](=O)[O-])c(N)c2)CC1. The fourth-order valence-electron chi connectivity index (χ4n) is 2.43. The third kappa shape index (κ3) is 3.26. The third-order valence-electron chi connectivity index (χ3n) is 3.76. The molecular weight excluding hydrogens is 258 g/mol. The molecule has 1 amide bonds. The lowest BCUT2D eigenvalue weighted by Crippen LogP contribution is -2.29. The molecule has 1 aromatic rings. The molecule has 2 N–H and O–H groups in total. The van der Waals surface area contributed by atoms with E-state index in [-0.39, 0.29) is 17.3 Å². The van der Waals surface area contributed by atoms with Crippen molar-refractivity contribution >= 4 is 17.3 Å². The molecule has 20 heavy (non-hydrogen) atoms. The van der Waals surface area contributed by atoms with E-state index in [2.05, 4.69) is 6.92 Å². The van der Waals surface area contributed by atoms with Crippen LogP contribution in [0.25, 0.3) is 0 Å². The van der Waals surface area contributed by atoms with Crippen LogP contribution in [0.4, 0.5) is 11.4 Å². The third-order valence-corrected chi connectivity index (χ3v) is 3.76. The van der Waals surface area contributed by atoms with Crippen LogP contribution >= 0.6 is 0 Å². The van der Waals surface area contributed by atoms with E-state index in [1.807, 2.05) is 4.90 Å². The quantitative estimate of drug-likeness (QED) is 0.521. The Bertz CT molecular complexity index is 530. The minimum Gasteiger partial charge on any atom is -0.393 e. The van der Waals surface area contributed by atoms with Gasteiger partial charge in [0, 0.05) is 25.6 Å². The number of carbonyl (C=O) groups excluding carboxylic acids is 1. The van der Waals surface area contributed by atoms with E-state index in [9.17, 15) is 14.9 Å². The van der Waals surface area contributed by atoms with E-state index in [1.165, 1.54) is 6.07 Å². The average Bonchev–Trinajstić information content (AvgIpc) is 2.54. The van der Waals surface area contributed by atoms with Gasteiger partial charge in [0.25, 0.3) is 5.69 Å². The van der Waals surface area contributed by atoms with Crippen molar-refractivity contribution in [3.63, 3.8) is 0 Å². The molecule has 1 aliphatic heterocycles. The number of nitro benzene ring substituents is 1. The van der Waals surface area contributed by atoms with Gasteiger partial charge in [-0.3, -0.25) is 14.9 Å². The lowest BCUT2D eigenvalue weighted by atomic mass is 10.0. The molecule has 1 aromatic carbocycles. The van der Waals surface area contributed by atoms with Gasteiger partial charge in [-0.15, -0.1) is 0 Å². The average molecular weight is 277 g/mol. The van der Waals surface area contributed by atoms with Crippen molar-refractivity contribution in [1.29, 1.82) is 0 Å². The summed E-state index contributed by atoms with van der Waals surface area (Å²) in [5, 5.41) is 10.7. The number of nitrogens with two attached hydrogens (primary N) is 1. The fraction of sp³-hybridized carbons (Fsp3) is 0.500. The number of anilines is 1. The molecule has 0 saturated carbocycles. The standard InChI is InChI=1S/C14H19N3O3/c1-10-2-5-14(18)16(7-6-10)9-11-3-4-13(17(19)20)12(15)8-11/h3-4,8,10H,2,5-7,9,15H2,1H3. The Balaban J connectivity index is 2.11. The first-order valence-electron chi connectivity index (χ1n) is 6.78. The summed E-state index contributed by atoms with van der Waals surface area (Å²) < 4.78 is 0. The Morgan fingerprint density at radius 1 is 1.45 bits per heavy atom. The first-order chi connectivity index (χ1) is 9.47. The van der Waals surface area contributed by atoms with Crippen molar-refractivity contribution in [2.24, 2.45) is 5.92 Å². The minimum absolute atomic E-state index is 0.0930. The van der Waals surface area contributed by atoms with Crippen molar-refractivity contribution in [2.75, 3.05) is 12.3 Å². The Hall–Kier alpha value is -2.11. The topological polar surface area (TPSA) is 89.5 Å². The summed E-state index contributed by atoms with van der Waals surface area (Å²) in [5.41, 5.74) is 6.55. The van der Waals surface area contributed by atoms with Crippen molar-refractivity contribution < 1.29 is 9.72 Å². The zero-order valence-corrected chi connectivity index (χ0v) is 11.5. The summed E-state index contributed by atoms with van der Waals surface area (Å²) in [6.07, 6.45) is 2.50. The molecule has 0 spiro atoms. The summed E-state index contributed by atoms with van der Waals surface area (Å²) in [5.74, 6) is 0.706. The van der Waals surface area contributed by atoms with Crippen LogP contribution in [0.2, 0.25) is 0 Å². The van der Waals surface area contributed by atoms with E-state index in [0.717, 1.165) is 24.9 Å². The largest absolute Gasteiger partial charge is 0.393 e. The van der Waals surface area contributed by atoms with E-state index in [0.29, 0.717) is 18.9 Å². The van der Waals surface area contributed by atoms with Gasteiger partial charge in [-0.2, -0.15) is 0 Å². The van der Waals surface area contributed by atoms with Crippen molar-refractivity contribution in [2.45, 2.75) is 32.7 Å². The van der Waals surface area contributed by atoms with Gasteiger partial charge in [-0.25, -0.2) is 0 Å². The van der Waals surface area contributed by atoms with Crippen LogP contribution in [0, 0.1) is 16.0 Å². The second kappa shape index (κ2) is 5.90. The zero-order valence-electron chi connectivity index (χ0n) is 11.5. The highest BCUT2D eigenvalue weighted by Gasteiger charge is 2.21. The first kappa shape index (κ1) is 14.3. The number of carbonyl (C=O) groups is 1. The molecule has 6 nitrogen and oxygen atoms in total. The van der Waals surface area contributed by atoms with Crippen molar-refractivity contribution in [3.8, 4) is 0 Å². The van der Waals surface area contributed by atoms with Crippen LogP contribution in [0.1, 0.15) is 31.7 Å². The molecule has 108 valence electrons. The predicted octanol–water partition coefficient (Wildman–Crippen LogP) is 2.33. The van der Waals surface area contributed by atoms with Gasteiger partial charge < -0.3 is 10.6 Å². The van der Waals surface area contributed by atoms with Gasteiger partial charge in [0.15, 0.2) is 0 Å². The Morgan fingerprint density at radius 3 is 2.85 bits per heavy atom. The Labute approximate surface area is 117 Å². The fourth-order valence-corrected chi connectivity index (χ4v) is 2.43. The van der Waals surface area contributed by atoms with Gasteiger partial charge in [-0.1, -0.05) is 13.0 Å². The second-order valence-corrected chi connectivity index (χ2v) is 5.40. The maximum absolute atomic E-state index is 12.0. The highest BCUT2D eigenvalue weighted by Crippen LogP contribution is 2.24. The van der Waals surface area contributed by atoms with Crippen LogP contribution in [-0.4, -0.2) is 22.3 Å². The molecule has 1 saturated heterocycles. The molecule has 0 radical (unpaired) electrons. The molecule has 1 unspecified atom stereocenters. The van der Waals surface area contributed by atoms with Gasteiger partial charge in [-0.05, 0) is 30.4 Å². The van der Waals surface area contributed by atoms with E-state index >= 15 is 0 Å². The van der Waals surface area contributed by atoms with Gasteiger partial charge in [0.1, 0.15) is 5.69 Å². The van der Waals surface area contributed by atoms with Crippen molar-refractivity contribution in [1.82, 2.24) is 4.90 Å². The molecule has 1 aliphatic rings. The summed E-state index contributed by atoms with van der Waals surface area (Å²) in [7, 11) is 0. The maximum Gasteiger partial charge on any atom is 0.292 e. The van der Waals surface area contributed by atoms with Crippen LogP contribution < -0.4 is 5.73 Å². The number of nitro groups is 1. The first-order valence-corrected chi connectivity index (χ1v) is 6.78. The number of rotatable bonds is 3. The molecule has 6 heteroatoms. The number of likely N-dealkylation sites (tertiary alicyclic amines) is 1. The number of nitrogens with zero attached hydrogens (tertiary/aromatic N) is 2. The molecular formula is C14H19N3O3. The van der Waals surface area contributed by atoms with Gasteiger partial charge in [0.05, 0.1) is 4.92 Å². The van der Waals surface area contributed by atoms with Crippen LogP contribution in [-0.2, 0) is 11.3 Å². The predicted molar refractivity (Wildman–Crippen MR) is 75.9 cm³/mol. The molecule has 1 heterocycles. The second-order valence-electron chi connectivity index (χ2n) is 5.40. The van der Waals surface area contributed by atoms with Gasteiger partial charge in [0.2, 0.25) is 5.91 Å². The summed E-state index contributed by atoms with van der Waals surface area (Å²) >= 11 is 0. The smallest absolute Gasteiger partial charge is 0.292 e. The Kier molecular flexibility index (Phi) is 4.22. The zero-order chi connectivity index (χ0) is 14.7. The number of hydrogen-bond donors (Lipinski definition) is 1. The van der Waals surface area contributed by atoms with Gasteiger partial charge >= 0.3 is 0 Å². The van der Waals surface area contributed by atoms with Crippen LogP contribution in [0.5, 0.6) is 0 Å². The minimum atomic E-state index is -0.502. The number of amides is 1. The monoisotopic (exact) mass is 277 g/mol. The molecule has 0 bridgehead atoms. The molecule has 2 rings (SSSR count). The number of benzene rings is 1. The lowest BCUT2D eigenvalue weighted by Gasteiger charge is -2.20. The van der Waals surface area contributed by atoms with Crippen LogP contribution in [0.15, 0.2) is 18.2 Å². The highest BCUT2D eigenvalue weighted by molar-refractivity contribution is 5.76. The van der Waals surface area contributed by atoms with Crippen molar-refractivity contribution in [3.05, 3.63) is 33.9 Å². The summed E-state index contributed by atoms with van der Waals surface area (Å²) in [6, 6.07) is 4.64. The maximum atomic E-state index is 12.0. The molecule has 0 aliphatic carbocycles. The number of hydrogen-bond acceptors (Lipinski definition) is 4. The van der Waals surface area contributed by atoms with Crippen LogP contribution in [0.3, 0.4) is 0 Å². The molecule has 1 atom stereocenters.